The average molecular weight is 263 g/mol. The first-order valence-electron chi connectivity index (χ1n) is 5.92. The van der Waals surface area contributed by atoms with Crippen LogP contribution in [0.1, 0.15) is 18.5 Å². The number of benzene rings is 1. The Labute approximate surface area is 112 Å². The molecule has 0 spiro atoms. The van der Waals surface area contributed by atoms with E-state index in [0.29, 0.717) is 0 Å². The van der Waals surface area contributed by atoms with Gasteiger partial charge in [-0.25, -0.2) is 4.79 Å². The van der Waals surface area contributed by atoms with Crippen LogP contribution in [-0.2, 0) is 9.53 Å². The van der Waals surface area contributed by atoms with Gasteiger partial charge in [-0.15, -0.1) is 0 Å². The van der Waals surface area contributed by atoms with Gasteiger partial charge in [0.1, 0.15) is 0 Å². The summed E-state index contributed by atoms with van der Waals surface area (Å²) < 4.78 is 4.80. The molecule has 1 heterocycles. The number of esters is 1. The number of rotatable bonds is 4. The van der Waals surface area contributed by atoms with Gasteiger partial charge in [0.15, 0.2) is 0 Å². The fraction of sp³-hybridized carbons (Fsp3) is 0.357. The quantitative estimate of drug-likeness (QED) is 0.847. The second-order valence-electron chi connectivity index (χ2n) is 4.22. The summed E-state index contributed by atoms with van der Waals surface area (Å²) in [5, 5.41) is 3.42. The van der Waals surface area contributed by atoms with E-state index in [2.05, 4.69) is 24.4 Å². The minimum atomic E-state index is -0.220. The van der Waals surface area contributed by atoms with Gasteiger partial charge >= 0.3 is 5.97 Å². The Kier molecular flexibility index (Phi) is 4.31. The first kappa shape index (κ1) is 13.0. The molecule has 1 unspecified atom stereocenters. The molecule has 1 aromatic rings. The Morgan fingerprint density at radius 3 is 2.72 bits per heavy atom. The molecule has 2 rings (SSSR count). The molecule has 1 aromatic carbocycles. The van der Waals surface area contributed by atoms with E-state index in [-0.39, 0.29) is 12.0 Å². The van der Waals surface area contributed by atoms with Gasteiger partial charge in [-0.2, -0.15) is 11.8 Å². The standard InChI is InChI=1S/C14H17NO2S/c1-10(11-6-4-3-5-7-11)15-13-9-18-8-12(13)14(16)17-2/h3-7,10,15H,8-9H2,1-2H3. The molecule has 3 nitrogen and oxygen atoms in total. The first-order chi connectivity index (χ1) is 8.72. The van der Waals surface area contributed by atoms with Crippen molar-refractivity contribution in [3.63, 3.8) is 0 Å². The highest BCUT2D eigenvalue weighted by Crippen LogP contribution is 2.26. The number of carbonyl (C=O) groups is 1. The van der Waals surface area contributed by atoms with E-state index >= 15 is 0 Å². The zero-order chi connectivity index (χ0) is 13.0. The highest BCUT2D eigenvalue weighted by molar-refractivity contribution is 7.99. The molecule has 4 heteroatoms. The van der Waals surface area contributed by atoms with Gasteiger partial charge in [0.05, 0.1) is 12.7 Å². The number of hydrogen-bond acceptors (Lipinski definition) is 4. The minimum absolute atomic E-state index is 0.194. The van der Waals surface area contributed by atoms with Crippen LogP contribution in [0, 0.1) is 0 Å². The van der Waals surface area contributed by atoms with Gasteiger partial charge in [0.2, 0.25) is 0 Å². The van der Waals surface area contributed by atoms with Crippen molar-refractivity contribution in [1.82, 2.24) is 5.32 Å². The maximum Gasteiger partial charge on any atom is 0.336 e. The van der Waals surface area contributed by atoms with Gasteiger partial charge in [0, 0.05) is 23.2 Å². The molecule has 18 heavy (non-hydrogen) atoms. The van der Waals surface area contributed by atoms with Crippen LogP contribution in [0.3, 0.4) is 0 Å². The van der Waals surface area contributed by atoms with Crippen LogP contribution in [0.5, 0.6) is 0 Å². The van der Waals surface area contributed by atoms with Gasteiger partial charge in [-0.1, -0.05) is 30.3 Å². The highest BCUT2D eigenvalue weighted by Gasteiger charge is 2.23. The lowest BCUT2D eigenvalue weighted by molar-refractivity contribution is -0.136. The third kappa shape index (κ3) is 2.88. The Morgan fingerprint density at radius 2 is 2.06 bits per heavy atom. The molecule has 0 aromatic heterocycles. The number of ether oxygens (including phenoxy) is 1. The van der Waals surface area contributed by atoms with Crippen LogP contribution in [-0.4, -0.2) is 24.6 Å². The van der Waals surface area contributed by atoms with Crippen molar-refractivity contribution < 1.29 is 9.53 Å². The highest BCUT2D eigenvalue weighted by atomic mass is 32.2. The Hall–Kier alpha value is -1.42. The predicted molar refractivity (Wildman–Crippen MR) is 74.4 cm³/mol. The van der Waals surface area contributed by atoms with Crippen LogP contribution in [0.15, 0.2) is 41.6 Å². The van der Waals surface area contributed by atoms with E-state index < -0.39 is 0 Å². The zero-order valence-electron chi connectivity index (χ0n) is 10.6. The monoisotopic (exact) mass is 263 g/mol. The van der Waals surface area contributed by atoms with Gasteiger partial charge in [-0.3, -0.25) is 0 Å². The molecule has 0 bridgehead atoms. The molecule has 0 saturated carbocycles. The van der Waals surface area contributed by atoms with Gasteiger partial charge in [-0.05, 0) is 12.5 Å². The third-order valence-electron chi connectivity index (χ3n) is 2.98. The molecule has 1 aliphatic heterocycles. The molecule has 0 aliphatic carbocycles. The van der Waals surface area contributed by atoms with Crippen LogP contribution in [0.4, 0.5) is 0 Å². The molecule has 0 radical (unpaired) electrons. The van der Waals surface area contributed by atoms with Crippen LogP contribution in [0.2, 0.25) is 0 Å². The fourth-order valence-corrected chi connectivity index (χ4v) is 3.01. The van der Waals surface area contributed by atoms with Crippen LogP contribution >= 0.6 is 11.8 Å². The third-order valence-corrected chi connectivity index (χ3v) is 3.96. The Bertz CT molecular complexity index is 456. The fourth-order valence-electron chi connectivity index (χ4n) is 1.95. The Balaban J connectivity index is 2.11. The summed E-state index contributed by atoms with van der Waals surface area (Å²) in [6.07, 6.45) is 0. The molecular weight excluding hydrogens is 246 g/mol. The van der Waals surface area contributed by atoms with E-state index in [4.69, 9.17) is 4.74 Å². The largest absolute Gasteiger partial charge is 0.466 e. The molecular formula is C14H17NO2S. The Morgan fingerprint density at radius 1 is 1.33 bits per heavy atom. The summed E-state index contributed by atoms with van der Waals surface area (Å²) >= 11 is 1.73. The molecule has 1 N–H and O–H groups in total. The second-order valence-corrected chi connectivity index (χ2v) is 5.20. The molecule has 0 amide bonds. The summed E-state index contributed by atoms with van der Waals surface area (Å²) in [7, 11) is 1.43. The van der Waals surface area contributed by atoms with Crippen molar-refractivity contribution in [2.45, 2.75) is 13.0 Å². The van der Waals surface area contributed by atoms with Crippen molar-refractivity contribution in [2.75, 3.05) is 18.6 Å². The lowest BCUT2D eigenvalue weighted by atomic mass is 10.1. The van der Waals surface area contributed by atoms with Crippen molar-refractivity contribution in [1.29, 1.82) is 0 Å². The maximum absolute atomic E-state index is 11.6. The number of carbonyl (C=O) groups excluding carboxylic acids is 1. The number of nitrogens with one attached hydrogen (secondary N) is 1. The lowest BCUT2D eigenvalue weighted by Crippen LogP contribution is -2.21. The summed E-state index contributed by atoms with van der Waals surface area (Å²) in [5.41, 5.74) is 2.99. The first-order valence-corrected chi connectivity index (χ1v) is 7.07. The summed E-state index contributed by atoms with van der Waals surface area (Å²) in [4.78, 5) is 11.6. The zero-order valence-corrected chi connectivity index (χ0v) is 11.4. The summed E-state index contributed by atoms with van der Waals surface area (Å²) in [6.45, 7) is 2.10. The SMILES string of the molecule is COC(=O)C1=C(NC(C)c2ccccc2)CSC1. The average Bonchev–Trinajstić information content (AvgIpc) is 2.87. The van der Waals surface area contributed by atoms with E-state index in [0.717, 1.165) is 22.8 Å². The van der Waals surface area contributed by atoms with Crippen molar-refractivity contribution in [2.24, 2.45) is 0 Å². The van der Waals surface area contributed by atoms with Crippen molar-refractivity contribution in [3.8, 4) is 0 Å². The van der Waals surface area contributed by atoms with E-state index in [1.54, 1.807) is 11.8 Å². The van der Waals surface area contributed by atoms with Gasteiger partial charge < -0.3 is 10.1 Å². The maximum atomic E-state index is 11.6. The van der Waals surface area contributed by atoms with Crippen LogP contribution < -0.4 is 5.32 Å². The summed E-state index contributed by atoms with van der Waals surface area (Å²) in [6, 6.07) is 10.4. The molecule has 0 fully saturated rings. The molecule has 0 saturated heterocycles. The predicted octanol–water partition coefficient (Wildman–Crippen LogP) is 2.51. The second kappa shape index (κ2) is 5.96. The number of thioether (sulfide) groups is 1. The van der Waals surface area contributed by atoms with E-state index in [1.807, 2.05) is 18.2 Å². The smallest absolute Gasteiger partial charge is 0.336 e. The molecule has 96 valence electrons. The summed E-state index contributed by atoms with van der Waals surface area (Å²) in [5.74, 6) is 1.36. The van der Waals surface area contributed by atoms with Gasteiger partial charge in [0.25, 0.3) is 0 Å². The van der Waals surface area contributed by atoms with Crippen molar-refractivity contribution in [3.05, 3.63) is 47.2 Å². The molecule has 1 atom stereocenters. The topological polar surface area (TPSA) is 38.3 Å². The van der Waals surface area contributed by atoms with Crippen LogP contribution in [0.25, 0.3) is 0 Å². The number of methoxy groups -OCH3 is 1. The van der Waals surface area contributed by atoms with E-state index in [9.17, 15) is 4.79 Å². The van der Waals surface area contributed by atoms with Crippen molar-refractivity contribution >= 4 is 17.7 Å². The normalized spacial score (nSPS) is 16.6. The number of hydrogen-bond donors (Lipinski definition) is 1. The minimum Gasteiger partial charge on any atom is -0.466 e. The van der Waals surface area contributed by atoms with E-state index in [1.165, 1.54) is 12.7 Å². The molecule has 1 aliphatic rings. The lowest BCUT2D eigenvalue weighted by Gasteiger charge is -2.17.